The van der Waals surface area contributed by atoms with Gasteiger partial charge in [-0.3, -0.25) is 0 Å². The van der Waals surface area contributed by atoms with Crippen molar-refractivity contribution in [2.75, 3.05) is 0 Å². The number of ether oxygens (including phenoxy) is 2. The molecule has 0 heterocycles. The van der Waals surface area contributed by atoms with E-state index >= 15 is 0 Å². The van der Waals surface area contributed by atoms with Crippen LogP contribution in [0.4, 0.5) is 4.79 Å². The van der Waals surface area contributed by atoms with E-state index in [1.165, 1.54) is 55.6 Å². The molecule has 0 saturated heterocycles. The minimum Gasteiger partial charge on any atom is -0.395 e. The Labute approximate surface area is 386 Å². The maximum absolute atomic E-state index is 13.3. The average Bonchev–Trinajstić information content (AvgIpc) is 3.38. The average molecular weight is 851 g/mol. The molecule has 3 nitrogen and oxygen atoms in total. The highest BCUT2D eigenvalue weighted by atomic mass is 16.7. The Morgan fingerprint density at radius 3 is 1.02 bits per heavy atom. The molecule has 0 amide bonds. The third-order valence-electron chi connectivity index (χ3n) is 12.0. The highest BCUT2D eigenvalue weighted by Crippen LogP contribution is 2.39. The summed E-state index contributed by atoms with van der Waals surface area (Å²) >= 11 is 0. The van der Waals surface area contributed by atoms with Gasteiger partial charge in [0.1, 0.15) is 11.5 Å². The number of hydrogen-bond donors (Lipinski definition) is 0. The van der Waals surface area contributed by atoms with Crippen LogP contribution in [0.1, 0.15) is 22.3 Å². The van der Waals surface area contributed by atoms with Crippen molar-refractivity contribution in [1.82, 2.24) is 0 Å². The third kappa shape index (κ3) is 9.52. The van der Waals surface area contributed by atoms with E-state index in [9.17, 15) is 4.79 Å². The Balaban J connectivity index is 0.851. The lowest BCUT2D eigenvalue weighted by atomic mass is 9.87. The van der Waals surface area contributed by atoms with E-state index in [1.54, 1.807) is 12.1 Å². The second-order valence-electron chi connectivity index (χ2n) is 16.4. The molecule has 10 aromatic carbocycles. The van der Waals surface area contributed by atoms with Gasteiger partial charge in [-0.1, -0.05) is 231 Å². The molecule has 0 atom stereocenters. The Hall–Kier alpha value is -8.53. The molecule has 0 N–H and O–H groups in total. The fraction of sp³-hybridized carbons (Fsp3) is 0.0317. The van der Waals surface area contributed by atoms with Crippen LogP contribution >= 0.6 is 0 Å². The molecule has 0 fully saturated rings. The first-order chi connectivity index (χ1) is 32.6. The molecule has 3 heteroatoms. The molecular weight excluding hydrogens is 805 g/mol. The Morgan fingerprint density at radius 2 is 0.621 bits per heavy atom. The van der Waals surface area contributed by atoms with Crippen LogP contribution in [-0.2, 0) is 12.8 Å². The SMILES string of the molecule is O=C(Oc1cccc(-c2ccc(-c3c(Cc4ccccc4)cccc3-c3ccccc3)cc2)c1)Oc1cccc(-c2ccc(-c3c(Cc4ccccc4)cccc3-c3ccccc3)cc2)c1. The molecular formula is C63H46O3. The van der Waals surface area contributed by atoms with Crippen molar-refractivity contribution in [3.05, 3.63) is 277 Å². The van der Waals surface area contributed by atoms with Crippen molar-refractivity contribution in [3.8, 4) is 78.3 Å². The van der Waals surface area contributed by atoms with Crippen LogP contribution in [-0.4, -0.2) is 6.16 Å². The number of hydrogen-bond acceptors (Lipinski definition) is 3. The number of benzene rings is 10. The van der Waals surface area contributed by atoms with Crippen LogP contribution in [0.3, 0.4) is 0 Å². The van der Waals surface area contributed by atoms with Gasteiger partial charge in [0, 0.05) is 0 Å². The van der Waals surface area contributed by atoms with E-state index in [-0.39, 0.29) is 0 Å². The van der Waals surface area contributed by atoms with Crippen LogP contribution in [0.15, 0.2) is 255 Å². The summed E-state index contributed by atoms with van der Waals surface area (Å²) in [6.45, 7) is 0. The zero-order valence-corrected chi connectivity index (χ0v) is 36.4. The lowest BCUT2D eigenvalue weighted by molar-refractivity contribution is 0.152. The topological polar surface area (TPSA) is 35.5 Å². The molecule has 0 saturated carbocycles. The maximum atomic E-state index is 13.3. The lowest BCUT2D eigenvalue weighted by Gasteiger charge is -2.17. The monoisotopic (exact) mass is 850 g/mol. The van der Waals surface area contributed by atoms with Crippen molar-refractivity contribution in [3.63, 3.8) is 0 Å². The first-order valence-electron chi connectivity index (χ1n) is 22.4. The quantitative estimate of drug-likeness (QED) is 0.0907. The van der Waals surface area contributed by atoms with Crippen LogP contribution in [0.5, 0.6) is 11.5 Å². The number of carbonyl (C=O) groups is 1. The van der Waals surface area contributed by atoms with E-state index in [2.05, 4.69) is 206 Å². The highest BCUT2D eigenvalue weighted by molar-refractivity contribution is 5.88. The van der Waals surface area contributed by atoms with E-state index < -0.39 is 6.16 Å². The summed E-state index contributed by atoms with van der Waals surface area (Å²) in [6, 6.07) is 87.8. The van der Waals surface area contributed by atoms with Crippen molar-refractivity contribution >= 4 is 6.16 Å². The van der Waals surface area contributed by atoms with Gasteiger partial charge in [-0.2, -0.15) is 0 Å². The van der Waals surface area contributed by atoms with Gasteiger partial charge in [0.05, 0.1) is 0 Å². The molecule has 0 aliphatic heterocycles. The molecule has 0 aromatic heterocycles. The van der Waals surface area contributed by atoms with E-state index in [4.69, 9.17) is 9.47 Å². The van der Waals surface area contributed by atoms with Crippen molar-refractivity contribution in [2.45, 2.75) is 12.8 Å². The Bertz CT molecular complexity index is 3000. The Morgan fingerprint density at radius 1 is 0.288 bits per heavy atom. The largest absolute Gasteiger partial charge is 0.519 e. The standard InChI is InChI=1S/C63H46O3/c64-63(65-57-29-13-25-53(43-57)47-33-37-51(38-34-47)61-55(41-45-17-5-1-6-18-45)27-15-31-59(61)49-21-9-3-10-22-49)66-58-30-14-26-54(44-58)48-35-39-52(40-36-48)62-56(42-46-19-7-2-8-20-46)28-16-32-60(62)50-23-11-4-12-24-50/h1-40,43-44H,41-42H2. The fourth-order valence-electron chi connectivity index (χ4n) is 8.88. The van der Waals surface area contributed by atoms with Gasteiger partial charge in [0.15, 0.2) is 0 Å². The van der Waals surface area contributed by atoms with E-state index in [1.807, 2.05) is 36.4 Å². The number of rotatable bonds is 12. The molecule has 0 aliphatic rings. The highest BCUT2D eigenvalue weighted by Gasteiger charge is 2.17. The van der Waals surface area contributed by atoms with Crippen molar-refractivity contribution in [1.29, 1.82) is 0 Å². The normalized spacial score (nSPS) is 10.9. The first kappa shape index (κ1) is 41.5. The van der Waals surface area contributed by atoms with E-state index in [0.29, 0.717) is 11.5 Å². The van der Waals surface area contributed by atoms with Crippen LogP contribution in [0.2, 0.25) is 0 Å². The predicted molar refractivity (Wildman–Crippen MR) is 271 cm³/mol. The van der Waals surface area contributed by atoms with Crippen molar-refractivity contribution in [2.24, 2.45) is 0 Å². The minimum absolute atomic E-state index is 0.398. The van der Waals surface area contributed by atoms with Crippen LogP contribution in [0.25, 0.3) is 66.8 Å². The van der Waals surface area contributed by atoms with Gasteiger partial charge < -0.3 is 9.47 Å². The number of carbonyl (C=O) groups excluding carboxylic acids is 1. The summed E-state index contributed by atoms with van der Waals surface area (Å²) in [7, 11) is 0. The van der Waals surface area contributed by atoms with Gasteiger partial charge in [0.25, 0.3) is 0 Å². The molecule has 316 valence electrons. The summed E-state index contributed by atoms with van der Waals surface area (Å²) in [4.78, 5) is 13.3. The molecule has 0 unspecified atom stereocenters. The smallest absolute Gasteiger partial charge is 0.395 e. The summed E-state index contributed by atoms with van der Waals surface area (Å²) in [5.41, 5.74) is 18.4. The molecule has 0 radical (unpaired) electrons. The van der Waals surface area contributed by atoms with Gasteiger partial charge >= 0.3 is 6.16 Å². The minimum atomic E-state index is -0.804. The Kier molecular flexibility index (Phi) is 12.2. The fourth-order valence-corrected chi connectivity index (χ4v) is 8.88. The zero-order chi connectivity index (χ0) is 44.5. The van der Waals surface area contributed by atoms with Gasteiger partial charge in [-0.25, -0.2) is 4.79 Å². The summed E-state index contributed by atoms with van der Waals surface area (Å²) in [5, 5.41) is 0. The van der Waals surface area contributed by atoms with Gasteiger partial charge in [-0.05, 0) is 126 Å². The van der Waals surface area contributed by atoms with E-state index in [0.717, 1.165) is 46.2 Å². The summed E-state index contributed by atoms with van der Waals surface area (Å²) < 4.78 is 11.5. The second kappa shape index (κ2) is 19.5. The summed E-state index contributed by atoms with van der Waals surface area (Å²) in [6.07, 6.45) is 0.849. The molecule has 0 spiro atoms. The first-order valence-corrected chi connectivity index (χ1v) is 22.4. The molecule has 66 heavy (non-hydrogen) atoms. The predicted octanol–water partition coefficient (Wildman–Crippen LogP) is 16.4. The second-order valence-corrected chi connectivity index (χ2v) is 16.4. The van der Waals surface area contributed by atoms with Crippen LogP contribution in [0, 0.1) is 0 Å². The van der Waals surface area contributed by atoms with Gasteiger partial charge in [0.2, 0.25) is 0 Å². The van der Waals surface area contributed by atoms with Gasteiger partial charge in [-0.15, -0.1) is 0 Å². The molecule has 0 bridgehead atoms. The lowest BCUT2D eigenvalue weighted by Crippen LogP contribution is -2.13. The van der Waals surface area contributed by atoms with Crippen LogP contribution < -0.4 is 9.47 Å². The van der Waals surface area contributed by atoms with Crippen molar-refractivity contribution < 1.29 is 14.3 Å². The molecule has 10 rings (SSSR count). The molecule has 0 aliphatic carbocycles. The zero-order valence-electron chi connectivity index (χ0n) is 36.4. The maximum Gasteiger partial charge on any atom is 0.519 e. The molecule has 10 aromatic rings. The third-order valence-corrected chi connectivity index (χ3v) is 12.0. The summed E-state index contributed by atoms with van der Waals surface area (Å²) in [5.74, 6) is 0.797.